The number of carbonyl (C=O) groups is 4. The summed E-state index contributed by atoms with van der Waals surface area (Å²) >= 11 is 0. The van der Waals surface area contributed by atoms with Crippen LogP contribution in [0.2, 0.25) is 0 Å². The molecule has 0 aromatic heterocycles. The van der Waals surface area contributed by atoms with Crippen LogP contribution in [0.15, 0.2) is 59.6 Å². The zero-order valence-electron chi connectivity index (χ0n) is 23.3. The average Bonchev–Trinajstić information content (AvgIpc) is 3.46. The number of likely N-dealkylation sites (tertiary alicyclic amines) is 1. The summed E-state index contributed by atoms with van der Waals surface area (Å²) in [5, 5.41) is 24.8. The molecule has 3 rings (SSSR count). The number of carbonyl (C=O) groups excluding carboxylic acids is 3. The monoisotopic (exact) mass is 581 g/mol. The number of nitrogens with two attached hydrogens (primary N) is 3. The minimum Gasteiger partial charge on any atom is -0.508 e. The number of phenols is 1. The van der Waals surface area contributed by atoms with Gasteiger partial charge in [0.05, 0.1) is 6.04 Å². The molecule has 1 saturated heterocycles. The molecule has 1 aliphatic heterocycles. The van der Waals surface area contributed by atoms with E-state index >= 15 is 0 Å². The number of hydrogen-bond donors (Lipinski definition) is 7. The second-order valence-corrected chi connectivity index (χ2v) is 10.3. The molecule has 0 radical (unpaired) electrons. The van der Waals surface area contributed by atoms with Gasteiger partial charge in [-0.05, 0) is 48.9 Å². The fourth-order valence-corrected chi connectivity index (χ4v) is 4.82. The van der Waals surface area contributed by atoms with Crippen LogP contribution in [0.25, 0.3) is 0 Å². The molecule has 0 bridgehead atoms. The van der Waals surface area contributed by atoms with Gasteiger partial charge in [-0.25, -0.2) is 4.79 Å². The summed E-state index contributed by atoms with van der Waals surface area (Å²) in [6.45, 7) is 0.553. The van der Waals surface area contributed by atoms with E-state index < -0.39 is 47.9 Å². The Morgan fingerprint density at radius 1 is 0.929 bits per heavy atom. The molecule has 0 aliphatic carbocycles. The lowest BCUT2D eigenvalue weighted by Crippen LogP contribution is -2.58. The molecule has 2 aromatic carbocycles. The van der Waals surface area contributed by atoms with Gasteiger partial charge in [-0.15, -0.1) is 0 Å². The molecule has 4 unspecified atom stereocenters. The van der Waals surface area contributed by atoms with Crippen LogP contribution in [-0.4, -0.2) is 82.0 Å². The van der Waals surface area contributed by atoms with Gasteiger partial charge >= 0.3 is 5.97 Å². The topological polar surface area (TPSA) is 226 Å². The number of nitrogens with one attached hydrogen (secondary N) is 2. The lowest BCUT2D eigenvalue weighted by Gasteiger charge is -2.29. The average molecular weight is 582 g/mol. The molecule has 1 aliphatic rings. The normalized spacial score (nSPS) is 16.6. The van der Waals surface area contributed by atoms with Crippen molar-refractivity contribution in [2.45, 2.75) is 62.7 Å². The van der Waals surface area contributed by atoms with Crippen LogP contribution in [0.1, 0.15) is 36.8 Å². The number of carboxylic acids is 1. The number of aliphatic imine (C=N–C) groups is 1. The number of guanidine groups is 1. The summed E-state index contributed by atoms with van der Waals surface area (Å²) in [6.07, 6.45) is 1.74. The Balaban J connectivity index is 1.81. The molecule has 4 atom stereocenters. The first-order valence-corrected chi connectivity index (χ1v) is 13.8. The largest absolute Gasteiger partial charge is 0.508 e. The van der Waals surface area contributed by atoms with E-state index in [0.29, 0.717) is 24.8 Å². The van der Waals surface area contributed by atoms with Gasteiger partial charge in [0.25, 0.3) is 0 Å². The third-order valence-corrected chi connectivity index (χ3v) is 7.03. The number of carboxylic acid groups (broad SMARTS) is 1. The molecule has 2 aromatic rings. The molecule has 13 nitrogen and oxygen atoms in total. The van der Waals surface area contributed by atoms with E-state index in [0.717, 1.165) is 5.56 Å². The molecular formula is C29H39N7O6. The van der Waals surface area contributed by atoms with Crippen LogP contribution in [-0.2, 0) is 32.0 Å². The van der Waals surface area contributed by atoms with Gasteiger partial charge in [-0.2, -0.15) is 0 Å². The van der Waals surface area contributed by atoms with Crippen molar-refractivity contribution in [1.29, 1.82) is 0 Å². The number of amides is 3. The van der Waals surface area contributed by atoms with Crippen molar-refractivity contribution in [2.75, 3.05) is 13.1 Å². The highest BCUT2D eigenvalue weighted by Gasteiger charge is 2.38. The van der Waals surface area contributed by atoms with Crippen LogP contribution >= 0.6 is 0 Å². The minimum absolute atomic E-state index is 0.0405. The molecule has 13 heteroatoms. The summed E-state index contributed by atoms with van der Waals surface area (Å²) in [5.41, 5.74) is 18.1. The van der Waals surface area contributed by atoms with E-state index in [1.165, 1.54) is 17.0 Å². The summed E-state index contributed by atoms with van der Waals surface area (Å²) in [7, 11) is 0. The summed E-state index contributed by atoms with van der Waals surface area (Å²) in [4.78, 5) is 57.3. The highest BCUT2D eigenvalue weighted by molar-refractivity contribution is 5.94. The van der Waals surface area contributed by atoms with Crippen LogP contribution in [0, 0.1) is 0 Å². The zero-order valence-corrected chi connectivity index (χ0v) is 23.3. The van der Waals surface area contributed by atoms with Gasteiger partial charge in [0, 0.05) is 25.9 Å². The first-order valence-electron chi connectivity index (χ1n) is 13.8. The van der Waals surface area contributed by atoms with E-state index in [2.05, 4.69) is 15.6 Å². The Morgan fingerprint density at radius 3 is 2.19 bits per heavy atom. The van der Waals surface area contributed by atoms with Crippen molar-refractivity contribution < 1.29 is 29.4 Å². The molecule has 1 fully saturated rings. The molecule has 1 heterocycles. The van der Waals surface area contributed by atoms with Crippen LogP contribution in [0.3, 0.4) is 0 Å². The predicted molar refractivity (Wildman–Crippen MR) is 156 cm³/mol. The van der Waals surface area contributed by atoms with E-state index in [-0.39, 0.29) is 44.1 Å². The number of phenolic OH excluding ortho intramolecular Hbond substituents is 1. The fraction of sp³-hybridized carbons (Fsp3) is 0.414. The molecule has 3 amide bonds. The fourth-order valence-electron chi connectivity index (χ4n) is 4.82. The Hall–Kier alpha value is -4.65. The highest BCUT2D eigenvalue weighted by atomic mass is 16.4. The first kappa shape index (κ1) is 31.9. The van der Waals surface area contributed by atoms with Gasteiger partial charge in [0.15, 0.2) is 5.96 Å². The van der Waals surface area contributed by atoms with Crippen molar-refractivity contribution in [3.05, 3.63) is 65.7 Å². The maximum absolute atomic E-state index is 13.7. The van der Waals surface area contributed by atoms with Crippen molar-refractivity contribution >= 4 is 29.7 Å². The third kappa shape index (κ3) is 9.47. The van der Waals surface area contributed by atoms with Gasteiger partial charge < -0.3 is 42.9 Å². The quantitative estimate of drug-likeness (QED) is 0.0874. The smallest absolute Gasteiger partial charge is 0.326 e. The Morgan fingerprint density at radius 2 is 1.55 bits per heavy atom. The lowest BCUT2D eigenvalue weighted by molar-refractivity contribution is -0.149. The predicted octanol–water partition coefficient (Wildman–Crippen LogP) is -0.396. The second kappa shape index (κ2) is 15.4. The number of benzene rings is 2. The van der Waals surface area contributed by atoms with E-state index in [4.69, 9.17) is 17.2 Å². The maximum Gasteiger partial charge on any atom is 0.326 e. The van der Waals surface area contributed by atoms with Crippen molar-refractivity contribution in [1.82, 2.24) is 15.5 Å². The standard InChI is InChI=1S/C29H39N7O6/c30-21(8-4-14-33-29(31)32)25(38)34-22(16-19-10-12-20(37)13-11-19)26(39)35-23(17-18-6-2-1-3-7-18)27(40)36-15-5-9-24(36)28(41)42/h1-3,6-7,10-13,21-24,37H,4-5,8-9,14-17,30H2,(H,34,38)(H,35,39)(H,41,42)(H4,31,32,33). The third-order valence-electron chi connectivity index (χ3n) is 7.03. The number of rotatable bonds is 14. The van der Waals surface area contributed by atoms with Gasteiger partial charge in [-0.1, -0.05) is 42.5 Å². The maximum atomic E-state index is 13.7. The molecule has 0 saturated carbocycles. The highest BCUT2D eigenvalue weighted by Crippen LogP contribution is 2.20. The van der Waals surface area contributed by atoms with Gasteiger partial charge in [-0.3, -0.25) is 19.4 Å². The SMILES string of the molecule is NC(N)=NCCCC(N)C(=O)NC(Cc1ccc(O)cc1)C(=O)NC(Cc1ccccc1)C(=O)N1CCCC1C(=O)O. The van der Waals surface area contributed by atoms with Gasteiger partial charge in [0.2, 0.25) is 17.7 Å². The van der Waals surface area contributed by atoms with Crippen molar-refractivity contribution in [3.63, 3.8) is 0 Å². The van der Waals surface area contributed by atoms with Crippen molar-refractivity contribution in [2.24, 2.45) is 22.2 Å². The van der Waals surface area contributed by atoms with E-state index in [9.17, 15) is 29.4 Å². The van der Waals surface area contributed by atoms with Crippen LogP contribution in [0.4, 0.5) is 0 Å². The Labute approximate surface area is 244 Å². The second-order valence-electron chi connectivity index (χ2n) is 10.3. The van der Waals surface area contributed by atoms with E-state index in [1.807, 2.05) is 18.2 Å². The van der Waals surface area contributed by atoms with Crippen molar-refractivity contribution in [3.8, 4) is 5.75 Å². The summed E-state index contributed by atoms with van der Waals surface area (Å²) in [5.74, 6) is -2.85. The first-order chi connectivity index (χ1) is 20.0. The number of aliphatic carboxylic acids is 1. The zero-order chi connectivity index (χ0) is 30.6. The van der Waals surface area contributed by atoms with E-state index in [1.54, 1.807) is 24.3 Å². The minimum atomic E-state index is -1.12. The number of hydrogen-bond acceptors (Lipinski definition) is 7. The molecular weight excluding hydrogens is 542 g/mol. The summed E-state index contributed by atoms with van der Waals surface area (Å²) in [6, 6.07) is 11.1. The number of nitrogens with zero attached hydrogens (tertiary/aromatic N) is 2. The Bertz CT molecular complexity index is 1250. The molecule has 226 valence electrons. The van der Waals surface area contributed by atoms with Gasteiger partial charge in [0.1, 0.15) is 23.9 Å². The Kier molecular flexibility index (Phi) is 11.7. The number of aromatic hydroxyl groups is 1. The molecule has 10 N–H and O–H groups in total. The van der Waals surface area contributed by atoms with Crippen LogP contribution < -0.4 is 27.8 Å². The molecule has 0 spiro atoms. The van der Waals surface area contributed by atoms with Crippen LogP contribution in [0.5, 0.6) is 5.75 Å². The lowest BCUT2D eigenvalue weighted by atomic mass is 10.0. The molecule has 42 heavy (non-hydrogen) atoms. The summed E-state index contributed by atoms with van der Waals surface area (Å²) < 4.78 is 0.